The van der Waals surface area contributed by atoms with Crippen LogP contribution in [-0.4, -0.2) is 30.3 Å². The summed E-state index contributed by atoms with van der Waals surface area (Å²) in [5.74, 6) is -0.0220. The molecule has 0 aromatic heterocycles. The molecule has 34 heavy (non-hydrogen) atoms. The number of carbonyl (C=O) groups excluding carboxylic acids is 2. The molecule has 0 saturated heterocycles. The number of fused-ring (bicyclic) bond motifs is 4. The van der Waals surface area contributed by atoms with Crippen LogP contribution in [0.4, 0.5) is 0 Å². The summed E-state index contributed by atoms with van der Waals surface area (Å²) < 4.78 is 33.1. The van der Waals surface area contributed by atoms with Crippen molar-refractivity contribution in [2.75, 3.05) is 5.75 Å². The highest BCUT2D eigenvalue weighted by atomic mass is 32.2. The number of Topliss-reactive ketones (excluding diaryl/α,β-unsaturated/α-hetero) is 2. The highest BCUT2D eigenvalue weighted by Crippen LogP contribution is 2.67. The minimum Gasteiger partial charge on any atom is -0.299 e. The molecular formula is C28H36O5S. The van der Waals surface area contributed by atoms with Gasteiger partial charge >= 0.3 is 0 Å². The average Bonchev–Trinajstić information content (AvgIpc) is 3.22. The van der Waals surface area contributed by atoms with Crippen molar-refractivity contribution in [2.24, 2.45) is 39.4 Å². The summed E-state index contributed by atoms with van der Waals surface area (Å²) in [6, 6.07) is 8.10. The van der Waals surface area contributed by atoms with Crippen LogP contribution in [0.5, 0.6) is 0 Å². The SMILES string of the molecule is CC12CCC(C(=Cc3ccc(CC4C(=O)C5(CS(=O)(=O)O)CCC4C5(C)C)cc3)C1=O)C2(C)C. The van der Waals surface area contributed by atoms with Gasteiger partial charge in [-0.1, -0.05) is 58.9 Å². The van der Waals surface area contributed by atoms with Crippen molar-refractivity contribution in [3.63, 3.8) is 0 Å². The van der Waals surface area contributed by atoms with Gasteiger partial charge in [-0.3, -0.25) is 14.1 Å². The maximum atomic E-state index is 13.5. The third-order valence-electron chi connectivity index (χ3n) is 10.9. The standard InChI is InChI=1S/C28H36O5S/c1-25(2)21-10-12-27(25,5)23(29)19(21)14-17-6-8-18(9-7-17)15-20-22-11-13-28(24(20)30,26(22,3)4)16-34(31,32)33/h6-9,14,20-22H,10-13,15-16H2,1-5H3,(H,31,32,33). The van der Waals surface area contributed by atoms with E-state index in [0.717, 1.165) is 36.0 Å². The molecule has 184 valence electrons. The Balaban J connectivity index is 1.37. The molecule has 5 nitrogen and oxygen atoms in total. The van der Waals surface area contributed by atoms with Crippen molar-refractivity contribution in [3.8, 4) is 0 Å². The van der Waals surface area contributed by atoms with Crippen molar-refractivity contribution < 1.29 is 22.6 Å². The monoisotopic (exact) mass is 484 g/mol. The van der Waals surface area contributed by atoms with Crippen LogP contribution >= 0.6 is 0 Å². The lowest BCUT2D eigenvalue weighted by Gasteiger charge is -2.35. The van der Waals surface area contributed by atoms with Crippen LogP contribution in [0.15, 0.2) is 29.8 Å². The lowest BCUT2D eigenvalue weighted by molar-refractivity contribution is -0.131. The predicted molar refractivity (Wildman–Crippen MR) is 132 cm³/mol. The molecule has 4 aliphatic carbocycles. The number of rotatable bonds is 5. The van der Waals surface area contributed by atoms with Crippen LogP contribution in [-0.2, 0) is 26.1 Å². The van der Waals surface area contributed by atoms with Gasteiger partial charge in [0, 0.05) is 11.3 Å². The summed E-state index contributed by atoms with van der Waals surface area (Å²) >= 11 is 0. The van der Waals surface area contributed by atoms with E-state index >= 15 is 0 Å². The van der Waals surface area contributed by atoms with Gasteiger partial charge in [-0.15, -0.1) is 0 Å². The maximum absolute atomic E-state index is 13.5. The van der Waals surface area contributed by atoms with Gasteiger partial charge in [0.2, 0.25) is 0 Å². The molecule has 1 aromatic rings. The van der Waals surface area contributed by atoms with Gasteiger partial charge in [-0.25, -0.2) is 0 Å². The molecular weight excluding hydrogens is 448 g/mol. The fraction of sp³-hybridized carbons (Fsp3) is 0.643. The van der Waals surface area contributed by atoms with E-state index < -0.39 is 26.7 Å². The van der Waals surface area contributed by atoms with Gasteiger partial charge in [0.1, 0.15) is 5.78 Å². The Kier molecular flexibility index (Phi) is 5.02. The van der Waals surface area contributed by atoms with E-state index in [1.54, 1.807) is 0 Å². The molecule has 4 aliphatic rings. The summed E-state index contributed by atoms with van der Waals surface area (Å²) in [7, 11) is -4.24. The van der Waals surface area contributed by atoms with E-state index in [0.29, 0.717) is 18.8 Å². The predicted octanol–water partition coefficient (Wildman–Crippen LogP) is 5.15. The first-order valence-electron chi connectivity index (χ1n) is 12.5. The van der Waals surface area contributed by atoms with E-state index in [9.17, 15) is 22.6 Å². The minimum atomic E-state index is -4.24. The zero-order valence-corrected chi connectivity index (χ0v) is 21.7. The Bertz CT molecular complexity index is 1210. The van der Waals surface area contributed by atoms with Crippen LogP contribution < -0.4 is 0 Å². The molecule has 4 fully saturated rings. The van der Waals surface area contributed by atoms with Crippen LogP contribution in [0.25, 0.3) is 6.08 Å². The van der Waals surface area contributed by atoms with Gasteiger partial charge in [-0.2, -0.15) is 8.42 Å². The summed E-state index contributed by atoms with van der Waals surface area (Å²) in [5, 5.41) is 0. The molecule has 0 spiro atoms. The van der Waals surface area contributed by atoms with Gasteiger partial charge in [0.05, 0.1) is 11.2 Å². The van der Waals surface area contributed by atoms with E-state index in [1.165, 1.54) is 0 Å². The zero-order valence-electron chi connectivity index (χ0n) is 20.8. The zero-order chi connectivity index (χ0) is 24.9. The number of hydrogen-bond donors (Lipinski definition) is 1. The third-order valence-corrected chi connectivity index (χ3v) is 11.7. The molecule has 1 aromatic carbocycles. The van der Waals surface area contributed by atoms with Gasteiger partial charge in [0.15, 0.2) is 5.78 Å². The second-order valence-electron chi connectivity index (χ2n) is 12.7. The topological polar surface area (TPSA) is 88.5 Å². The van der Waals surface area contributed by atoms with Crippen molar-refractivity contribution in [3.05, 3.63) is 41.0 Å². The third kappa shape index (κ3) is 3.03. The van der Waals surface area contributed by atoms with Crippen molar-refractivity contribution in [1.82, 2.24) is 0 Å². The Morgan fingerprint density at radius 3 is 2.18 bits per heavy atom. The molecule has 0 heterocycles. The molecule has 5 rings (SSSR count). The fourth-order valence-corrected chi connectivity index (χ4v) is 9.56. The Morgan fingerprint density at radius 2 is 1.62 bits per heavy atom. The highest BCUT2D eigenvalue weighted by molar-refractivity contribution is 7.85. The normalized spacial score (nSPS) is 38.9. The van der Waals surface area contributed by atoms with Gasteiger partial charge in [0.25, 0.3) is 10.1 Å². The fourth-order valence-electron chi connectivity index (χ4n) is 8.28. The number of allylic oxidation sites excluding steroid dienone is 1. The molecule has 4 bridgehead atoms. The second-order valence-corrected chi connectivity index (χ2v) is 14.1. The molecule has 5 unspecified atom stereocenters. The number of hydrogen-bond acceptors (Lipinski definition) is 4. The molecule has 0 aliphatic heterocycles. The molecule has 0 amide bonds. The van der Waals surface area contributed by atoms with Crippen LogP contribution in [0, 0.1) is 39.4 Å². The van der Waals surface area contributed by atoms with Crippen LogP contribution in [0.2, 0.25) is 0 Å². The summed E-state index contributed by atoms with van der Waals surface area (Å²) in [6.07, 6.45) is 5.98. The first kappa shape index (κ1) is 23.9. The lowest BCUT2D eigenvalue weighted by Crippen LogP contribution is -2.43. The first-order chi connectivity index (χ1) is 15.6. The minimum absolute atomic E-state index is 0.0111. The summed E-state index contributed by atoms with van der Waals surface area (Å²) in [4.78, 5) is 26.6. The van der Waals surface area contributed by atoms with Crippen molar-refractivity contribution >= 4 is 27.8 Å². The van der Waals surface area contributed by atoms with E-state index in [4.69, 9.17) is 0 Å². The Morgan fingerprint density at radius 1 is 0.971 bits per heavy atom. The quantitative estimate of drug-likeness (QED) is 0.461. The highest BCUT2D eigenvalue weighted by Gasteiger charge is 2.69. The number of carbonyl (C=O) groups is 2. The van der Waals surface area contributed by atoms with Crippen molar-refractivity contribution in [1.29, 1.82) is 0 Å². The second kappa shape index (κ2) is 7.13. The Labute approximate surface area is 203 Å². The van der Waals surface area contributed by atoms with Crippen LogP contribution in [0.3, 0.4) is 0 Å². The molecule has 4 saturated carbocycles. The average molecular weight is 485 g/mol. The molecule has 5 atom stereocenters. The van der Waals surface area contributed by atoms with E-state index in [-0.39, 0.29) is 34.2 Å². The van der Waals surface area contributed by atoms with Crippen molar-refractivity contribution in [2.45, 2.75) is 66.7 Å². The number of benzene rings is 1. The summed E-state index contributed by atoms with van der Waals surface area (Å²) in [6.45, 7) is 10.5. The number of ketones is 2. The van der Waals surface area contributed by atoms with Crippen LogP contribution in [0.1, 0.15) is 71.4 Å². The largest absolute Gasteiger partial charge is 0.299 e. The van der Waals surface area contributed by atoms with E-state index in [2.05, 4.69) is 26.8 Å². The maximum Gasteiger partial charge on any atom is 0.265 e. The van der Waals surface area contributed by atoms with Gasteiger partial charge < -0.3 is 0 Å². The smallest absolute Gasteiger partial charge is 0.265 e. The molecule has 1 N–H and O–H groups in total. The Hall–Kier alpha value is -1.79. The first-order valence-corrected chi connectivity index (χ1v) is 14.1. The lowest BCUT2D eigenvalue weighted by atomic mass is 9.70. The molecule has 0 radical (unpaired) electrons. The molecule has 6 heteroatoms. The summed E-state index contributed by atoms with van der Waals surface area (Å²) in [5.41, 5.74) is 1.26. The van der Waals surface area contributed by atoms with Gasteiger partial charge in [-0.05, 0) is 77.5 Å². The van der Waals surface area contributed by atoms with E-state index in [1.807, 2.05) is 38.1 Å².